The molecule has 0 radical (unpaired) electrons. The van der Waals surface area contributed by atoms with Crippen LogP contribution in [0.15, 0.2) is 0 Å². The summed E-state index contributed by atoms with van der Waals surface area (Å²) in [5, 5.41) is 0.802. The zero-order valence-corrected chi connectivity index (χ0v) is 12.3. The Morgan fingerprint density at radius 2 is 1.94 bits per heavy atom. The van der Waals surface area contributed by atoms with Gasteiger partial charge in [-0.1, -0.05) is 20.8 Å². The number of thiazole rings is 1. The number of Topliss-reactive ketones (excluding diaryl/α,β-unsaturated/α-hetero) is 1. The predicted molar refractivity (Wildman–Crippen MR) is 71.2 cm³/mol. The van der Waals surface area contributed by atoms with E-state index in [1.54, 1.807) is 6.92 Å². The Labute approximate surface area is 111 Å². The Morgan fingerprint density at radius 1 is 1.33 bits per heavy atom. The number of nitrogens with zero attached hydrogens (tertiary/aromatic N) is 1. The summed E-state index contributed by atoms with van der Waals surface area (Å²) in [5.74, 6) is -0.658. The van der Waals surface area contributed by atoms with E-state index in [4.69, 9.17) is 4.74 Å². The molecule has 0 amide bonds. The molecular formula is C13H19NO3S. The van der Waals surface area contributed by atoms with Crippen LogP contribution in [0, 0.1) is 5.41 Å². The summed E-state index contributed by atoms with van der Waals surface area (Å²) in [4.78, 5) is 27.9. The smallest absolute Gasteiger partial charge is 0.358 e. The van der Waals surface area contributed by atoms with Gasteiger partial charge in [-0.3, -0.25) is 4.79 Å². The lowest BCUT2D eigenvalue weighted by atomic mass is 9.93. The maximum atomic E-state index is 11.7. The number of rotatable bonds is 4. The van der Waals surface area contributed by atoms with Crippen molar-refractivity contribution in [3.63, 3.8) is 0 Å². The first-order valence-electron chi connectivity index (χ1n) is 5.92. The van der Waals surface area contributed by atoms with Crippen LogP contribution in [0.4, 0.5) is 0 Å². The molecule has 100 valence electrons. The van der Waals surface area contributed by atoms with Gasteiger partial charge in [0.15, 0.2) is 11.5 Å². The molecule has 0 fully saturated rings. The van der Waals surface area contributed by atoms with Gasteiger partial charge in [-0.05, 0) is 12.3 Å². The molecule has 0 atom stereocenters. The van der Waals surface area contributed by atoms with Crippen molar-refractivity contribution in [3.8, 4) is 0 Å². The first kappa shape index (κ1) is 14.8. The van der Waals surface area contributed by atoms with E-state index in [1.807, 2.05) is 0 Å². The number of carbonyl (C=O) groups is 2. The molecule has 0 aliphatic carbocycles. The molecule has 0 aromatic carbocycles. The Morgan fingerprint density at radius 3 is 2.39 bits per heavy atom. The van der Waals surface area contributed by atoms with E-state index < -0.39 is 5.97 Å². The minimum atomic E-state index is -0.515. The highest BCUT2D eigenvalue weighted by atomic mass is 32.1. The molecule has 18 heavy (non-hydrogen) atoms. The largest absolute Gasteiger partial charge is 0.461 e. The van der Waals surface area contributed by atoms with Gasteiger partial charge in [0.25, 0.3) is 0 Å². The van der Waals surface area contributed by atoms with Crippen molar-refractivity contribution >= 4 is 23.1 Å². The lowest BCUT2D eigenvalue weighted by Gasteiger charge is -2.15. The Balaban J connectivity index is 3.09. The summed E-state index contributed by atoms with van der Waals surface area (Å²) in [5.41, 5.74) is 0.228. The third-order valence-electron chi connectivity index (χ3n) is 2.14. The molecule has 0 saturated carbocycles. The molecule has 1 aromatic heterocycles. The Kier molecular flexibility index (Phi) is 4.62. The van der Waals surface area contributed by atoms with Crippen molar-refractivity contribution in [3.05, 3.63) is 15.6 Å². The van der Waals surface area contributed by atoms with Gasteiger partial charge >= 0.3 is 5.97 Å². The van der Waals surface area contributed by atoms with Gasteiger partial charge in [0, 0.05) is 13.3 Å². The van der Waals surface area contributed by atoms with Crippen LogP contribution >= 0.6 is 11.3 Å². The molecule has 0 N–H and O–H groups in total. The van der Waals surface area contributed by atoms with E-state index in [0.717, 1.165) is 11.4 Å². The molecule has 1 heterocycles. The van der Waals surface area contributed by atoms with Gasteiger partial charge in [-0.25, -0.2) is 9.78 Å². The van der Waals surface area contributed by atoms with E-state index >= 15 is 0 Å². The molecule has 0 saturated heterocycles. The normalized spacial score (nSPS) is 11.4. The second-order valence-corrected chi connectivity index (χ2v) is 6.38. The summed E-state index contributed by atoms with van der Waals surface area (Å²) >= 11 is 1.29. The molecular weight excluding hydrogens is 250 g/mol. The van der Waals surface area contributed by atoms with Crippen LogP contribution in [0.3, 0.4) is 0 Å². The quantitative estimate of drug-likeness (QED) is 0.622. The fourth-order valence-electron chi connectivity index (χ4n) is 1.47. The number of ketones is 1. The van der Waals surface area contributed by atoms with Crippen LogP contribution in [-0.4, -0.2) is 23.3 Å². The average molecular weight is 269 g/mol. The number of hydrogen-bond donors (Lipinski definition) is 0. The lowest BCUT2D eigenvalue weighted by molar-refractivity contribution is 0.0517. The van der Waals surface area contributed by atoms with E-state index in [1.165, 1.54) is 18.3 Å². The van der Waals surface area contributed by atoms with Crippen molar-refractivity contribution in [2.45, 2.75) is 41.0 Å². The number of carbonyl (C=O) groups excluding carboxylic acids is 2. The highest BCUT2D eigenvalue weighted by Gasteiger charge is 2.24. The second kappa shape index (κ2) is 5.61. The standard InChI is InChI=1S/C13H19NO3S/c1-6-17-12(16)10-11(8(2)15)18-9(14-10)7-13(3,4)5/h6-7H2,1-5H3. The zero-order valence-electron chi connectivity index (χ0n) is 11.5. The maximum Gasteiger partial charge on any atom is 0.358 e. The molecule has 4 nitrogen and oxygen atoms in total. The van der Waals surface area contributed by atoms with Crippen LogP contribution in [-0.2, 0) is 11.2 Å². The monoisotopic (exact) mass is 269 g/mol. The Bertz CT molecular complexity index is 457. The lowest BCUT2D eigenvalue weighted by Crippen LogP contribution is -2.11. The number of hydrogen-bond acceptors (Lipinski definition) is 5. The number of esters is 1. The van der Waals surface area contributed by atoms with Crippen molar-refractivity contribution in [2.24, 2.45) is 5.41 Å². The van der Waals surface area contributed by atoms with Gasteiger partial charge in [0.1, 0.15) is 4.88 Å². The van der Waals surface area contributed by atoms with Gasteiger partial charge in [0.05, 0.1) is 11.6 Å². The first-order valence-corrected chi connectivity index (χ1v) is 6.74. The Hall–Kier alpha value is -1.23. The summed E-state index contributed by atoms with van der Waals surface area (Å²) in [6.07, 6.45) is 0.733. The van der Waals surface area contributed by atoms with E-state index in [0.29, 0.717) is 4.88 Å². The molecule has 0 aliphatic rings. The van der Waals surface area contributed by atoms with Crippen LogP contribution in [0.1, 0.15) is 59.8 Å². The van der Waals surface area contributed by atoms with Crippen molar-refractivity contribution in [1.29, 1.82) is 0 Å². The van der Waals surface area contributed by atoms with Gasteiger partial charge in [-0.2, -0.15) is 0 Å². The fourth-order valence-corrected chi connectivity index (χ4v) is 2.72. The highest BCUT2D eigenvalue weighted by molar-refractivity contribution is 7.14. The van der Waals surface area contributed by atoms with Crippen LogP contribution in [0.2, 0.25) is 0 Å². The molecule has 1 aromatic rings. The third kappa shape index (κ3) is 3.91. The van der Waals surface area contributed by atoms with Crippen molar-refractivity contribution in [2.75, 3.05) is 6.61 Å². The van der Waals surface area contributed by atoms with Crippen molar-refractivity contribution in [1.82, 2.24) is 4.98 Å². The molecule has 1 rings (SSSR count). The van der Waals surface area contributed by atoms with E-state index in [9.17, 15) is 9.59 Å². The second-order valence-electron chi connectivity index (χ2n) is 5.30. The van der Waals surface area contributed by atoms with Gasteiger partial charge in [0.2, 0.25) is 0 Å². The van der Waals surface area contributed by atoms with Gasteiger partial charge in [-0.15, -0.1) is 11.3 Å². The molecule has 0 aliphatic heterocycles. The average Bonchev–Trinajstić information content (AvgIpc) is 2.59. The molecule has 0 unspecified atom stereocenters. The fraction of sp³-hybridized carbons (Fsp3) is 0.615. The SMILES string of the molecule is CCOC(=O)c1nc(CC(C)(C)C)sc1C(C)=O. The molecule has 0 bridgehead atoms. The van der Waals surface area contributed by atoms with E-state index in [2.05, 4.69) is 25.8 Å². The number of aromatic nitrogens is 1. The predicted octanol–water partition coefficient (Wildman–Crippen LogP) is 3.11. The molecule has 0 spiro atoms. The summed E-state index contributed by atoms with van der Waals surface area (Å²) < 4.78 is 4.92. The van der Waals surface area contributed by atoms with Crippen LogP contribution in [0.5, 0.6) is 0 Å². The minimum absolute atomic E-state index is 0.0673. The summed E-state index contributed by atoms with van der Waals surface area (Å²) in [7, 11) is 0. The minimum Gasteiger partial charge on any atom is -0.461 e. The third-order valence-corrected chi connectivity index (χ3v) is 3.30. The summed E-state index contributed by atoms with van der Waals surface area (Å²) in [6.45, 7) is 9.72. The number of ether oxygens (including phenoxy) is 1. The topological polar surface area (TPSA) is 56.3 Å². The molecule has 5 heteroatoms. The van der Waals surface area contributed by atoms with E-state index in [-0.39, 0.29) is 23.5 Å². The first-order chi connectivity index (χ1) is 8.24. The maximum absolute atomic E-state index is 11.7. The van der Waals surface area contributed by atoms with Crippen LogP contribution in [0.25, 0.3) is 0 Å². The highest BCUT2D eigenvalue weighted by Crippen LogP contribution is 2.27. The van der Waals surface area contributed by atoms with Crippen LogP contribution < -0.4 is 0 Å². The zero-order chi connectivity index (χ0) is 13.9. The van der Waals surface area contributed by atoms with Gasteiger partial charge < -0.3 is 4.74 Å². The summed E-state index contributed by atoms with van der Waals surface area (Å²) in [6, 6.07) is 0. The van der Waals surface area contributed by atoms with Crippen molar-refractivity contribution < 1.29 is 14.3 Å².